The molecule has 1 aromatic rings. The van der Waals surface area contributed by atoms with Crippen LogP contribution in [0.15, 0.2) is 24.8 Å². The van der Waals surface area contributed by atoms with Gasteiger partial charge in [-0.15, -0.1) is 0 Å². The molecule has 0 saturated heterocycles. The third-order valence-electron chi connectivity index (χ3n) is 1.78. The number of hydrogen-bond acceptors (Lipinski definition) is 1. The zero-order valence-corrected chi connectivity index (χ0v) is 7.19. The van der Waals surface area contributed by atoms with Crippen LogP contribution >= 0.6 is 0 Å². The van der Waals surface area contributed by atoms with Gasteiger partial charge in [0.05, 0.1) is 0 Å². The lowest BCUT2D eigenvalue weighted by Gasteiger charge is -2.05. The van der Waals surface area contributed by atoms with Gasteiger partial charge in [0, 0.05) is 5.56 Å². The minimum Gasteiger partial charge on any atom is -0.330 e. The lowest BCUT2D eigenvalue weighted by molar-refractivity contribution is 0.506. The molecule has 0 amide bonds. The summed E-state index contributed by atoms with van der Waals surface area (Å²) in [5.41, 5.74) is 6.02. The monoisotopic (exact) mass is 183 g/mol. The summed E-state index contributed by atoms with van der Waals surface area (Å²) in [6.07, 6.45) is 0.473. The van der Waals surface area contributed by atoms with Gasteiger partial charge in [-0.2, -0.15) is 0 Å². The van der Waals surface area contributed by atoms with Gasteiger partial charge in [0.1, 0.15) is 0 Å². The Morgan fingerprint density at radius 2 is 2.08 bits per heavy atom. The molecule has 0 unspecified atom stereocenters. The van der Waals surface area contributed by atoms with E-state index in [-0.39, 0.29) is 5.56 Å². The molecule has 0 atom stereocenters. The van der Waals surface area contributed by atoms with Gasteiger partial charge in [0.25, 0.3) is 0 Å². The molecule has 13 heavy (non-hydrogen) atoms. The molecule has 1 nitrogen and oxygen atoms in total. The van der Waals surface area contributed by atoms with Crippen molar-refractivity contribution in [2.24, 2.45) is 5.73 Å². The molecule has 2 N–H and O–H groups in total. The summed E-state index contributed by atoms with van der Waals surface area (Å²) in [5.74, 6) is -1.70. The van der Waals surface area contributed by atoms with Crippen molar-refractivity contribution in [2.45, 2.75) is 6.42 Å². The number of nitrogens with two attached hydrogens (primary N) is 1. The molecule has 3 heteroatoms. The Balaban J connectivity index is 3.01. The number of halogens is 2. The van der Waals surface area contributed by atoms with Gasteiger partial charge < -0.3 is 5.73 Å². The topological polar surface area (TPSA) is 26.0 Å². The molecule has 0 radical (unpaired) electrons. The first-order valence-electron chi connectivity index (χ1n) is 3.99. The highest BCUT2D eigenvalue weighted by Crippen LogP contribution is 2.20. The maximum Gasteiger partial charge on any atom is 0.166 e. The minimum absolute atomic E-state index is 0.213. The Bertz CT molecular complexity index is 321. The normalized spacial score (nSPS) is 10.1. The fraction of sp³-hybridized carbons (Fsp3) is 0.200. The van der Waals surface area contributed by atoms with Crippen LogP contribution in [0.1, 0.15) is 12.0 Å². The molecule has 0 bridgehead atoms. The van der Waals surface area contributed by atoms with E-state index in [2.05, 4.69) is 6.58 Å². The predicted octanol–water partition coefficient (Wildman–Crippen LogP) is 2.33. The predicted molar refractivity (Wildman–Crippen MR) is 49.1 cm³/mol. The molecule has 0 fully saturated rings. The second kappa shape index (κ2) is 4.14. The molecule has 0 aliphatic heterocycles. The van der Waals surface area contributed by atoms with Crippen LogP contribution in [-0.4, -0.2) is 6.54 Å². The highest BCUT2D eigenvalue weighted by atomic mass is 19.2. The minimum atomic E-state index is -0.851. The Hall–Kier alpha value is -1.22. The Labute approximate surface area is 75.9 Å². The average Bonchev–Trinajstić information content (AvgIpc) is 2.10. The quantitative estimate of drug-likeness (QED) is 0.764. The molecule has 0 saturated carbocycles. The van der Waals surface area contributed by atoms with Gasteiger partial charge in [-0.25, -0.2) is 8.78 Å². The zero-order chi connectivity index (χ0) is 9.84. The van der Waals surface area contributed by atoms with Gasteiger partial charge in [-0.3, -0.25) is 0 Å². The largest absolute Gasteiger partial charge is 0.330 e. The first-order valence-corrected chi connectivity index (χ1v) is 3.99. The van der Waals surface area contributed by atoms with Crippen LogP contribution in [-0.2, 0) is 0 Å². The van der Waals surface area contributed by atoms with E-state index >= 15 is 0 Å². The van der Waals surface area contributed by atoms with Crippen LogP contribution in [0.5, 0.6) is 0 Å². The Morgan fingerprint density at radius 3 is 2.69 bits per heavy atom. The van der Waals surface area contributed by atoms with Crippen molar-refractivity contribution in [2.75, 3.05) is 6.54 Å². The van der Waals surface area contributed by atoms with E-state index < -0.39 is 11.6 Å². The van der Waals surface area contributed by atoms with Crippen molar-refractivity contribution in [3.05, 3.63) is 42.0 Å². The fourth-order valence-corrected chi connectivity index (χ4v) is 1.09. The first kappa shape index (κ1) is 9.86. The second-order valence-electron chi connectivity index (χ2n) is 2.74. The van der Waals surface area contributed by atoms with Gasteiger partial charge in [0.2, 0.25) is 0 Å². The van der Waals surface area contributed by atoms with E-state index in [1.54, 1.807) is 0 Å². The van der Waals surface area contributed by atoms with Crippen LogP contribution in [0.3, 0.4) is 0 Å². The van der Waals surface area contributed by atoms with E-state index in [9.17, 15) is 8.78 Å². The maximum atomic E-state index is 13.1. The lowest BCUT2D eigenvalue weighted by Crippen LogP contribution is -2.01. The van der Waals surface area contributed by atoms with Gasteiger partial charge in [-0.1, -0.05) is 18.7 Å². The number of rotatable bonds is 3. The van der Waals surface area contributed by atoms with Crippen molar-refractivity contribution in [3.63, 3.8) is 0 Å². The number of hydrogen-bond donors (Lipinski definition) is 1. The smallest absolute Gasteiger partial charge is 0.166 e. The molecule has 0 aliphatic carbocycles. The Morgan fingerprint density at radius 1 is 1.38 bits per heavy atom. The highest BCUT2D eigenvalue weighted by molar-refractivity contribution is 5.63. The zero-order valence-electron chi connectivity index (χ0n) is 7.19. The van der Waals surface area contributed by atoms with Crippen molar-refractivity contribution in [3.8, 4) is 0 Å². The van der Waals surface area contributed by atoms with Gasteiger partial charge >= 0.3 is 0 Å². The summed E-state index contributed by atoms with van der Waals surface area (Å²) >= 11 is 0. The molecule has 0 spiro atoms. The van der Waals surface area contributed by atoms with E-state index in [0.717, 1.165) is 6.07 Å². The maximum absolute atomic E-state index is 13.1. The molecule has 0 aliphatic rings. The molecule has 1 rings (SSSR count). The summed E-state index contributed by atoms with van der Waals surface area (Å²) in [6.45, 7) is 4.01. The molecular formula is C10H11F2N. The van der Waals surface area contributed by atoms with Crippen molar-refractivity contribution >= 4 is 5.57 Å². The Kier molecular flexibility index (Phi) is 3.14. The molecule has 70 valence electrons. The summed E-state index contributed by atoms with van der Waals surface area (Å²) in [6, 6.07) is 4.03. The van der Waals surface area contributed by atoms with Crippen LogP contribution in [0, 0.1) is 11.6 Å². The molecule has 0 heterocycles. The van der Waals surface area contributed by atoms with E-state index in [1.807, 2.05) is 0 Å². The summed E-state index contributed by atoms with van der Waals surface area (Å²) in [5, 5.41) is 0. The van der Waals surface area contributed by atoms with E-state index in [0.29, 0.717) is 18.5 Å². The summed E-state index contributed by atoms with van der Waals surface area (Å²) in [7, 11) is 0. The van der Waals surface area contributed by atoms with Gasteiger partial charge in [0.15, 0.2) is 11.6 Å². The van der Waals surface area contributed by atoms with Gasteiger partial charge in [-0.05, 0) is 24.6 Å². The fourth-order valence-electron chi connectivity index (χ4n) is 1.09. The average molecular weight is 183 g/mol. The molecular weight excluding hydrogens is 172 g/mol. The van der Waals surface area contributed by atoms with Crippen LogP contribution in [0.2, 0.25) is 0 Å². The van der Waals surface area contributed by atoms with Crippen molar-refractivity contribution in [1.29, 1.82) is 0 Å². The first-order chi connectivity index (χ1) is 6.16. The van der Waals surface area contributed by atoms with Crippen molar-refractivity contribution in [1.82, 2.24) is 0 Å². The third kappa shape index (κ3) is 2.12. The molecule has 1 aromatic carbocycles. The summed E-state index contributed by atoms with van der Waals surface area (Å²) in [4.78, 5) is 0. The summed E-state index contributed by atoms with van der Waals surface area (Å²) < 4.78 is 25.8. The SMILES string of the molecule is C=C(CCN)c1cccc(F)c1F. The van der Waals surface area contributed by atoms with Crippen LogP contribution in [0.4, 0.5) is 8.78 Å². The number of benzene rings is 1. The van der Waals surface area contributed by atoms with Crippen LogP contribution in [0.25, 0.3) is 5.57 Å². The molecule has 0 aromatic heterocycles. The van der Waals surface area contributed by atoms with Crippen molar-refractivity contribution < 1.29 is 8.78 Å². The highest BCUT2D eigenvalue weighted by Gasteiger charge is 2.09. The van der Waals surface area contributed by atoms with Crippen LogP contribution < -0.4 is 5.73 Å². The third-order valence-corrected chi connectivity index (χ3v) is 1.78. The standard InChI is InChI=1S/C10H11F2N/c1-7(5-6-13)8-3-2-4-9(11)10(8)12/h2-4H,1,5-6,13H2. The second-order valence-corrected chi connectivity index (χ2v) is 2.74. The lowest BCUT2D eigenvalue weighted by atomic mass is 10.0. The van der Waals surface area contributed by atoms with E-state index in [1.165, 1.54) is 12.1 Å². The van der Waals surface area contributed by atoms with E-state index in [4.69, 9.17) is 5.73 Å².